The van der Waals surface area contributed by atoms with Crippen LogP contribution in [0.5, 0.6) is 5.75 Å². The summed E-state index contributed by atoms with van der Waals surface area (Å²) in [4.78, 5) is 4.69. The number of hydrogen-bond acceptors (Lipinski definition) is 5. The van der Waals surface area contributed by atoms with Crippen molar-refractivity contribution in [3.63, 3.8) is 0 Å². The number of nitrogens with zero attached hydrogens (tertiary/aromatic N) is 5. The minimum Gasteiger partial charge on any atom is -0.487 e. The van der Waals surface area contributed by atoms with Gasteiger partial charge in [0.2, 0.25) is 0 Å². The first-order valence-corrected chi connectivity index (χ1v) is 10.4. The summed E-state index contributed by atoms with van der Waals surface area (Å²) < 4.78 is 7.72. The number of ether oxygens (including phenoxy) is 1. The molecule has 0 spiro atoms. The van der Waals surface area contributed by atoms with E-state index in [2.05, 4.69) is 56.9 Å². The molecule has 0 saturated heterocycles. The summed E-state index contributed by atoms with van der Waals surface area (Å²) in [5.74, 6) is 0.790. The van der Waals surface area contributed by atoms with E-state index in [-0.39, 0.29) is 0 Å². The molecule has 0 aliphatic rings. The summed E-state index contributed by atoms with van der Waals surface area (Å²) in [5, 5.41) is 12.6. The molecule has 0 radical (unpaired) electrons. The van der Waals surface area contributed by atoms with Crippen molar-refractivity contribution in [2.24, 2.45) is 0 Å². The summed E-state index contributed by atoms with van der Waals surface area (Å²) in [6.07, 6.45) is 5.66. The van der Waals surface area contributed by atoms with Crippen LogP contribution in [0.2, 0.25) is 0 Å². The number of allylic oxidation sites excluding steroid dienone is 1. The standard InChI is InChI=1S/C26H21N5O/c1-2-6-19-13-22(15-24(14-19)31-18-27-29-30-31)21-8-5-9-25(16-21)32-17-23-12-11-20-7-3-4-10-26(20)28-23/h2-16,18H,17H2,1H3. The van der Waals surface area contributed by atoms with E-state index in [1.807, 2.05) is 61.5 Å². The smallest absolute Gasteiger partial charge is 0.143 e. The highest BCUT2D eigenvalue weighted by molar-refractivity contribution is 5.78. The second-order valence-electron chi connectivity index (χ2n) is 7.38. The van der Waals surface area contributed by atoms with Crippen LogP contribution in [-0.2, 0) is 6.61 Å². The van der Waals surface area contributed by atoms with Crippen molar-refractivity contribution in [3.8, 4) is 22.6 Å². The van der Waals surface area contributed by atoms with Gasteiger partial charge in [-0.25, -0.2) is 9.67 Å². The topological polar surface area (TPSA) is 65.7 Å². The Labute approximate surface area is 185 Å². The van der Waals surface area contributed by atoms with Gasteiger partial charge in [0, 0.05) is 5.39 Å². The minimum atomic E-state index is 0.406. The van der Waals surface area contributed by atoms with Crippen LogP contribution in [0.25, 0.3) is 33.8 Å². The van der Waals surface area contributed by atoms with Crippen LogP contribution in [0.15, 0.2) is 91.3 Å². The van der Waals surface area contributed by atoms with Crippen molar-refractivity contribution in [3.05, 3.63) is 103 Å². The number of para-hydroxylation sites is 1. The zero-order chi connectivity index (χ0) is 21.8. The maximum Gasteiger partial charge on any atom is 0.143 e. The zero-order valence-corrected chi connectivity index (χ0v) is 17.6. The highest BCUT2D eigenvalue weighted by Gasteiger charge is 2.07. The molecule has 0 unspecified atom stereocenters. The van der Waals surface area contributed by atoms with Crippen LogP contribution in [0.3, 0.4) is 0 Å². The largest absolute Gasteiger partial charge is 0.487 e. The first-order valence-electron chi connectivity index (χ1n) is 10.4. The van der Waals surface area contributed by atoms with E-state index >= 15 is 0 Å². The molecule has 0 aliphatic carbocycles. The lowest BCUT2D eigenvalue weighted by molar-refractivity contribution is 0.302. The van der Waals surface area contributed by atoms with E-state index in [0.29, 0.717) is 6.61 Å². The van der Waals surface area contributed by atoms with Gasteiger partial charge < -0.3 is 4.74 Å². The molecular weight excluding hydrogens is 398 g/mol. The van der Waals surface area contributed by atoms with Gasteiger partial charge >= 0.3 is 0 Å². The molecule has 6 heteroatoms. The molecule has 0 aliphatic heterocycles. The SMILES string of the molecule is CC=Cc1cc(-c2cccc(OCc3ccc4ccccc4n3)c2)cc(-n2cnnn2)c1. The normalized spacial score (nSPS) is 11.3. The lowest BCUT2D eigenvalue weighted by Crippen LogP contribution is -1.99. The van der Waals surface area contributed by atoms with Crippen molar-refractivity contribution in [2.45, 2.75) is 13.5 Å². The Morgan fingerprint density at radius 3 is 2.72 bits per heavy atom. The summed E-state index contributed by atoms with van der Waals surface area (Å²) in [6, 6.07) is 26.5. The van der Waals surface area contributed by atoms with Crippen LogP contribution in [0.1, 0.15) is 18.2 Å². The molecule has 0 amide bonds. The number of fused-ring (bicyclic) bond motifs is 1. The molecule has 2 aromatic heterocycles. The second kappa shape index (κ2) is 8.81. The average Bonchev–Trinajstić information content (AvgIpc) is 3.38. The molecule has 0 bridgehead atoms. The number of aromatic nitrogens is 5. The molecule has 0 atom stereocenters. The zero-order valence-electron chi connectivity index (χ0n) is 17.6. The highest BCUT2D eigenvalue weighted by Crippen LogP contribution is 2.28. The molecule has 0 fully saturated rings. The highest BCUT2D eigenvalue weighted by atomic mass is 16.5. The molecule has 5 rings (SSSR count). The predicted octanol–water partition coefficient (Wildman–Crippen LogP) is 5.49. The molecule has 5 aromatic rings. The van der Waals surface area contributed by atoms with Gasteiger partial charge in [-0.3, -0.25) is 0 Å². The number of tetrazole rings is 1. The molecule has 32 heavy (non-hydrogen) atoms. The Balaban J connectivity index is 1.42. The first kappa shape index (κ1) is 19.6. The van der Waals surface area contributed by atoms with Crippen LogP contribution in [-0.4, -0.2) is 25.2 Å². The van der Waals surface area contributed by atoms with Crippen molar-refractivity contribution >= 4 is 17.0 Å². The second-order valence-corrected chi connectivity index (χ2v) is 7.38. The van der Waals surface area contributed by atoms with Gasteiger partial charge in [-0.2, -0.15) is 0 Å². The first-order chi connectivity index (χ1) is 15.8. The lowest BCUT2D eigenvalue weighted by Gasteiger charge is -2.11. The number of benzene rings is 3. The third-order valence-corrected chi connectivity index (χ3v) is 5.12. The Morgan fingerprint density at radius 2 is 1.84 bits per heavy atom. The van der Waals surface area contributed by atoms with Gasteiger partial charge in [0.25, 0.3) is 0 Å². The van der Waals surface area contributed by atoms with Gasteiger partial charge in [0.15, 0.2) is 0 Å². The van der Waals surface area contributed by atoms with E-state index in [1.54, 1.807) is 11.0 Å². The summed E-state index contributed by atoms with van der Waals surface area (Å²) in [7, 11) is 0. The van der Waals surface area contributed by atoms with Gasteiger partial charge in [-0.05, 0) is 76.5 Å². The molecule has 0 saturated carbocycles. The third-order valence-electron chi connectivity index (χ3n) is 5.12. The molecule has 2 heterocycles. The fraction of sp³-hybridized carbons (Fsp3) is 0.0769. The van der Waals surface area contributed by atoms with E-state index in [4.69, 9.17) is 4.74 Å². The Bertz CT molecular complexity index is 1390. The summed E-state index contributed by atoms with van der Waals surface area (Å²) in [6.45, 7) is 2.40. The van der Waals surface area contributed by atoms with Crippen molar-refractivity contribution in [1.82, 2.24) is 25.2 Å². The van der Waals surface area contributed by atoms with E-state index in [1.165, 1.54) is 0 Å². The van der Waals surface area contributed by atoms with Crippen LogP contribution < -0.4 is 4.74 Å². The molecule has 156 valence electrons. The maximum atomic E-state index is 6.07. The number of rotatable bonds is 6. The van der Waals surface area contributed by atoms with E-state index < -0.39 is 0 Å². The van der Waals surface area contributed by atoms with Gasteiger partial charge in [-0.1, -0.05) is 48.6 Å². The van der Waals surface area contributed by atoms with Crippen molar-refractivity contribution < 1.29 is 4.74 Å². The van der Waals surface area contributed by atoms with Crippen molar-refractivity contribution in [2.75, 3.05) is 0 Å². The molecular formula is C26H21N5O. The summed E-state index contributed by atoms with van der Waals surface area (Å²) in [5.41, 5.74) is 5.94. The minimum absolute atomic E-state index is 0.406. The molecule has 3 aromatic carbocycles. The fourth-order valence-corrected chi connectivity index (χ4v) is 3.61. The van der Waals surface area contributed by atoms with Crippen LogP contribution in [0.4, 0.5) is 0 Å². The van der Waals surface area contributed by atoms with Crippen molar-refractivity contribution in [1.29, 1.82) is 0 Å². The van der Waals surface area contributed by atoms with Crippen LogP contribution in [0, 0.1) is 0 Å². The van der Waals surface area contributed by atoms with E-state index in [0.717, 1.165) is 44.7 Å². The van der Waals surface area contributed by atoms with Gasteiger partial charge in [0.05, 0.1) is 16.9 Å². The van der Waals surface area contributed by atoms with Gasteiger partial charge in [-0.15, -0.1) is 5.10 Å². The Kier molecular flexibility index (Phi) is 5.41. The molecule has 6 nitrogen and oxygen atoms in total. The lowest BCUT2D eigenvalue weighted by atomic mass is 10.0. The number of pyridine rings is 1. The Morgan fingerprint density at radius 1 is 0.906 bits per heavy atom. The van der Waals surface area contributed by atoms with Crippen LogP contribution >= 0.6 is 0 Å². The van der Waals surface area contributed by atoms with Gasteiger partial charge in [0.1, 0.15) is 18.7 Å². The molecule has 0 N–H and O–H groups in total. The third kappa shape index (κ3) is 4.25. The predicted molar refractivity (Wildman–Crippen MR) is 125 cm³/mol. The quantitative estimate of drug-likeness (QED) is 0.364. The average molecular weight is 419 g/mol. The van der Waals surface area contributed by atoms with E-state index in [9.17, 15) is 0 Å². The Hall–Kier alpha value is -4.32. The summed E-state index contributed by atoms with van der Waals surface area (Å²) >= 11 is 0. The number of hydrogen-bond donors (Lipinski definition) is 0. The maximum absolute atomic E-state index is 6.07. The monoisotopic (exact) mass is 419 g/mol. The fourth-order valence-electron chi connectivity index (χ4n) is 3.61.